The first-order valence-electron chi connectivity index (χ1n) is 2.34. The Hall–Kier alpha value is -0.120. The number of hydroxylamine groups is 2. The lowest BCUT2D eigenvalue weighted by atomic mass is 10.4. The lowest BCUT2D eigenvalue weighted by Gasteiger charge is -2.03. The molecule has 3 nitrogen and oxygen atoms in total. The van der Waals surface area contributed by atoms with E-state index >= 15 is 0 Å². The van der Waals surface area contributed by atoms with Gasteiger partial charge in [-0.25, -0.2) is 0 Å². The zero-order valence-corrected chi connectivity index (χ0v) is 4.60. The summed E-state index contributed by atoms with van der Waals surface area (Å²) in [7, 11) is 1.83. The van der Waals surface area contributed by atoms with Crippen LogP contribution in [0.5, 0.6) is 0 Å². The molecule has 0 saturated carbocycles. The summed E-state index contributed by atoms with van der Waals surface area (Å²) in [5.74, 6) is 0. The van der Waals surface area contributed by atoms with Gasteiger partial charge in [0.05, 0.1) is 6.54 Å². The molecule has 0 aromatic rings. The maximum absolute atomic E-state index is 8.66. The normalized spacial score (nSPS) is 49.3. The average molecular weight is 102 g/mol. The number of hydrogen-bond acceptors (Lipinski definition) is 3. The first-order valence-corrected chi connectivity index (χ1v) is 2.34. The van der Waals surface area contributed by atoms with Gasteiger partial charge in [0.1, 0.15) is 5.66 Å². The summed E-state index contributed by atoms with van der Waals surface area (Å²) in [5.41, 5.74) is -0.111. The van der Waals surface area contributed by atoms with Crippen LogP contribution in [0, 0.1) is 0 Å². The summed E-state index contributed by atoms with van der Waals surface area (Å²) in [6, 6.07) is 0. The monoisotopic (exact) mass is 102 g/mol. The Labute approximate surface area is 42.9 Å². The molecule has 0 spiro atoms. The van der Waals surface area contributed by atoms with Gasteiger partial charge in [-0.05, 0) is 14.0 Å². The number of likely N-dealkylation sites (N-methyl/N-ethyl adjacent to an activating group) is 1. The highest BCUT2D eigenvalue weighted by atomic mass is 16.5. The minimum Gasteiger partial charge on any atom is -0.312 e. The summed E-state index contributed by atoms with van der Waals surface area (Å²) < 4.78 is 0. The molecule has 1 aliphatic heterocycles. The second kappa shape index (κ2) is 1.18. The highest BCUT2D eigenvalue weighted by Crippen LogP contribution is 2.23. The van der Waals surface area contributed by atoms with E-state index in [0.29, 0.717) is 0 Å². The van der Waals surface area contributed by atoms with E-state index in [0.717, 1.165) is 6.54 Å². The van der Waals surface area contributed by atoms with Crippen molar-refractivity contribution >= 4 is 0 Å². The molecule has 0 aromatic heterocycles. The summed E-state index contributed by atoms with van der Waals surface area (Å²) in [6.07, 6.45) is 0. The van der Waals surface area contributed by atoms with Crippen molar-refractivity contribution in [3.05, 3.63) is 0 Å². The van der Waals surface area contributed by atoms with Crippen LogP contribution in [0.4, 0.5) is 0 Å². The molecule has 2 unspecified atom stereocenters. The van der Waals surface area contributed by atoms with Crippen molar-refractivity contribution in [3.8, 4) is 0 Å². The molecule has 0 radical (unpaired) electrons. The van der Waals surface area contributed by atoms with Crippen molar-refractivity contribution in [2.45, 2.75) is 12.6 Å². The molecule has 7 heavy (non-hydrogen) atoms. The molecule has 3 heteroatoms. The molecular weight excluding hydrogens is 92.1 g/mol. The van der Waals surface area contributed by atoms with Crippen LogP contribution < -0.4 is 5.32 Å². The Morgan fingerprint density at radius 3 is 2.29 bits per heavy atom. The van der Waals surface area contributed by atoms with Crippen LogP contribution in [0.1, 0.15) is 6.92 Å². The first-order chi connectivity index (χ1) is 3.19. The second-order valence-electron chi connectivity index (χ2n) is 2.08. The number of rotatable bonds is 1. The SMILES string of the molecule is CNC1(C)CN1O. The number of nitrogens with one attached hydrogen (secondary N) is 1. The van der Waals surface area contributed by atoms with E-state index in [1.807, 2.05) is 14.0 Å². The van der Waals surface area contributed by atoms with Gasteiger partial charge in [-0.3, -0.25) is 5.32 Å². The molecule has 42 valence electrons. The molecule has 1 heterocycles. The largest absolute Gasteiger partial charge is 0.312 e. The summed E-state index contributed by atoms with van der Waals surface area (Å²) in [5, 5.41) is 12.9. The topological polar surface area (TPSA) is 35.3 Å². The van der Waals surface area contributed by atoms with Crippen molar-refractivity contribution in [1.82, 2.24) is 10.4 Å². The molecule has 1 saturated heterocycles. The van der Waals surface area contributed by atoms with Gasteiger partial charge < -0.3 is 5.21 Å². The van der Waals surface area contributed by atoms with E-state index in [1.54, 1.807) is 0 Å². The van der Waals surface area contributed by atoms with Crippen molar-refractivity contribution in [3.63, 3.8) is 0 Å². The minimum absolute atomic E-state index is 0.111. The molecule has 2 N–H and O–H groups in total. The zero-order chi connectivity index (χ0) is 5.49. The standard InChI is InChI=1S/C4H10N2O/c1-4(5-2)3-6(4)7/h5,7H,3H2,1-2H3. The number of nitrogens with zero attached hydrogens (tertiary/aromatic N) is 1. The highest BCUT2D eigenvalue weighted by molar-refractivity contribution is 4.93. The Bertz CT molecular complexity index is 81.8. The third-order valence-corrected chi connectivity index (χ3v) is 1.46. The van der Waals surface area contributed by atoms with E-state index in [-0.39, 0.29) is 5.66 Å². The van der Waals surface area contributed by atoms with E-state index in [9.17, 15) is 0 Å². The molecule has 0 bridgehead atoms. The molecule has 1 fully saturated rings. The van der Waals surface area contributed by atoms with Crippen LogP contribution in [-0.4, -0.2) is 29.5 Å². The van der Waals surface area contributed by atoms with Crippen LogP contribution in [0.15, 0.2) is 0 Å². The van der Waals surface area contributed by atoms with Gasteiger partial charge in [0.25, 0.3) is 0 Å². The molecule has 0 aromatic carbocycles. The van der Waals surface area contributed by atoms with Gasteiger partial charge in [-0.15, -0.1) is 0 Å². The van der Waals surface area contributed by atoms with Crippen molar-refractivity contribution in [1.29, 1.82) is 0 Å². The molecule has 1 rings (SSSR count). The van der Waals surface area contributed by atoms with Crippen molar-refractivity contribution in [2.24, 2.45) is 0 Å². The van der Waals surface area contributed by atoms with Gasteiger partial charge in [0.2, 0.25) is 0 Å². The predicted octanol–water partition coefficient (Wildman–Crippen LogP) is -0.373. The average Bonchev–Trinajstić information content (AvgIpc) is 2.18. The molecular formula is C4H10N2O. The fourth-order valence-corrected chi connectivity index (χ4v) is 0.464. The van der Waals surface area contributed by atoms with E-state index in [1.165, 1.54) is 5.06 Å². The Morgan fingerprint density at radius 1 is 1.86 bits per heavy atom. The van der Waals surface area contributed by atoms with Gasteiger partial charge in [0, 0.05) is 0 Å². The second-order valence-corrected chi connectivity index (χ2v) is 2.08. The van der Waals surface area contributed by atoms with E-state index in [4.69, 9.17) is 5.21 Å². The third-order valence-electron chi connectivity index (χ3n) is 1.46. The van der Waals surface area contributed by atoms with Crippen LogP contribution in [0.25, 0.3) is 0 Å². The lowest BCUT2D eigenvalue weighted by Crippen LogP contribution is -2.28. The highest BCUT2D eigenvalue weighted by Gasteiger charge is 2.45. The van der Waals surface area contributed by atoms with Crippen LogP contribution in [0.3, 0.4) is 0 Å². The number of hydrogen-bond donors (Lipinski definition) is 2. The quantitative estimate of drug-likeness (QED) is 0.443. The van der Waals surface area contributed by atoms with E-state index in [2.05, 4.69) is 5.32 Å². The zero-order valence-electron chi connectivity index (χ0n) is 4.60. The predicted molar refractivity (Wildman–Crippen MR) is 26.0 cm³/mol. The molecule has 2 atom stereocenters. The van der Waals surface area contributed by atoms with Gasteiger partial charge in [-0.1, -0.05) is 0 Å². The minimum atomic E-state index is -0.111. The Balaban J connectivity index is 2.36. The lowest BCUT2D eigenvalue weighted by molar-refractivity contribution is -0.00825. The van der Waals surface area contributed by atoms with Crippen molar-refractivity contribution in [2.75, 3.05) is 13.6 Å². The van der Waals surface area contributed by atoms with Crippen LogP contribution in [-0.2, 0) is 0 Å². The fraction of sp³-hybridized carbons (Fsp3) is 1.00. The maximum atomic E-state index is 8.66. The smallest absolute Gasteiger partial charge is 0.107 e. The third kappa shape index (κ3) is 0.627. The fourth-order valence-electron chi connectivity index (χ4n) is 0.464. The van der Waals surface area contributed by atoms with Crippen LogP contribution >= 0.6 is 0 Å². The van der Waals surface area contributed by atoms with Gasteiger partial charge >= 0.3 is 0 Å². The maximum Gasteiger partial charge on any atom is 0.107 e. The van der Waals surface area contributed by atoms with Crippen molar-refractivity contribution < 1.29 is 5.21 Å². The Morgan fingerprint density at radius 2 is 2.29 bits per heavy atom. The Kier molecular flexibility index (Phi) is 0.849. The first kappa shape index (κ1) is 5.03. The molecule has 0 aliphatic carbocycles. The summed E-state index contributed by atoms with van der Waals surface area (Å²) in [6.45, 7) is 2.68. The molecule has 0 amide bonds. The van der Waals surface area contributed by atoms with Gasteiger partial charge in [-0.2, -0.15) is 5.06 Å². The molecule has 1 aliphatic rings. The van der Waals surface area contributed by atoms with E-state index < -0.39 is 0 Å². The van der Waals surface area contributed by atoms with Crippen LogP contribution in [0.2, 0.25) is 0 Å². The summed E-state index contributed by atoms with van der Waals surface area (Å²) >= 11 is 0. The van der Waals surface area contributed by atoms with Gasteiger partial charge in [0.15, 0.2) is 0 Å². The summed E-state index contributed by atoms with van der Waals surface area (Å²) in [4.78, 5) is 0.